The molecule has 0 spiro atoms. The van der Waals surface area contributed by atoms with Gasteiger partial charge in [-0.25, -0.2) is 0 Å². The van der Waals surface area contributed by atoms with Crippen LogP contribution in [0.3, 0.4) is 0 Å². The highest BCUT2D eigenvalue weighted by molar-refractivity contribution is 4.75. The lowest BCUT2D eigenvalue weighted by atomic mass is 9.98. The van der Waals surface area contributed by atoms with Gasteiger partial charge in [0.1, 0.15) is 0 Å². The highest BCUT2D eigenvalue weighted by Gasteiger charge is 1.86. The quantitative estimate of drug-likeness (QED) is 0.323. The fourth-order valence-corrected chi connectivity index (χ4v) is 0.177. The van der Waals surface area contributed by atoms with Gasteiger partial charge in [0.15, 0.2) is 0 Å². The van der Waals surface area contributed by atoms with Crippen LogP contribution in [0.15, 0.2) is 6.26 Å². The van der Waals surface area contributed by atoms with Gasteiger partial charge >= 0.3 is 0 Å². The third-order valence-electron chi connectivity index (χ3n) is 0.492. The monoisotopic (exact) mass is 98.1 g/mol. The van der Waals surface area contributed by atoms with E-state index in [1.54, 1.807) is 0 Å². The molecule has 0 aromatic rings. The fourth-order valence-electron chi connectivity index (χ4n) is 0.177. The molecule has 7 heavy (non-hydrogen) atoms. The van der Waals surface area contributed by atoms with Gasteiger partial charge in [-0.2, -0.15) is 5.41 Å². The molecule has 0 aromatic carbocycles. The van der Waals surface area contributed by atoms with Crippen LogP contribution in [0.25, 0.3) is 0 Å². The zero-order valence-electron chi connectivity index (χ0n) is 4.99. The van der Waals surface area contributed by atoms with Crippen molar-refractivity contribution >= 4 is 0 Å². The van der Waals surface area contributed by atoms with E-state index in [9.17, 15) is 5.11 Å². The molecule has 0 aliphatic rings. The number of hydrogen-bond acceptors (Lipinski definition) is 1. The third kappa shape index (κ3) is 5.54. The summed E-state index contributed by atoms with van der Waals surface area (Å²) in [6.07, 6.45) is 3.31. The van der Waals surface area contributed by atoms with E-state index < -0.39 is 0 Å². The van der Waals surface area contributed by atoms with Crippen molar-refractivity contribution in [3.8, 4) is 0 Å². The summed E-state index contributed by atoms with van der Waals surface area (Å²) in [5.41, 5.74) is -0.0677. The van der Waals surface area contributed by atoms with Crippen molar-refractivity contribution in [2.45, 2.75) is 20.8 Å². The van der Waals surface area contributed by atoms with Gasteiger partial charge in [-0.15, -0.1) is 0 Å². The first-order valence-corrected chi connectivity index (χ1v) is 2.27. The Morgan fingerprint density at radius 2 is 1.86 bits per heavy atom. The van der Waals surface area contributed by atoms with E-state index in [4.69, 9.17) is 0 Å². The standard InChI is InChI=1S/C6H11O/c1-6(2,3)4-5-7/h5,7H,1-3H3/q-1/p-1. The lowest BCUT2D eigenvalue weighted by molar-refractivity contribution is -0.276. The SMILES string of the molecule is CC(C)(C)[C-]=C[O-]. The van der Waals surface area contributed by atoms with E-state index in [0.717, 1.165) is 0 Å². The Labute approximate surface area is 44.7 Å². The van der Waals surface area contributed by atoms with Crippen molar-refractivity contribution in [2.24, 2.45) is 5.41 Å². The van der Waals surface area contributed by atoms with Gasteiger partial charge < -0.3 is 17.4 Å². The van der Waals surface area contributed by atoms with Gasteiger partial charge in [0.25, 0.3) is 0 Å². The molecule has 0 amide bonds. The van der Waals surface area contributed by atoms with Gasteiger partial charge in [0, 0.05) is 0 Å². The van der Waals surface area contributed by atoms with Crippen LogP contribution in [-0.4, -0.2) is 0 Å². The molecule has 0 aliphatic carbocycles. The molecule has 0 aliphatic heterocycles. The van der Waals surface area contributed by atoms with Crippen molar-refractivity contribution in [3.63, 3.8) is 0 Å². The Balaban J connectivity index is 3.56. The molecule has 0 radical (unpaired) electrons. The zero-order valence-corrected chi connectivity index (χ0v) is 4.99. The molecule has 0 atom stereocenters. The van der Waals surface area contributed by atoms with Crippen LogP contribution in [0.1, 0.15) is 20.8 Å². The molecule has 0 fully saturated rings. The average molecular weight is 98.1 g/mol. The Morgan fingerprint density at radius 3 is 1.86 bits per heavy atom. The number of hydrogen-bond donors (Lipinski definition) is 0. The topological polar surface area (TPSA) is 23.1 Å². The maximum atomic E-state index is 9.71. The molecule has 42 valence electrons. The molecule has 0 unspecified atom stereocenters. The summed E-state index contributed by atoms with van der Waals surface area (Å²) in [5, 5.41) is 9.71. The van der Waals surface area contributed by atoms with Gasteiger partial charge in [-0.05, 0) is 0 Å². The van der Waals surface area contributed by atoms with E-state index in [2.05, 4.69) is 6.08 Å². The predicted molar refractivity (Wildman–Crippen MR) is 27.3 cm³/mol. The van der Waals surface area contributed by atoms with Gasteiger partial charge in [-0.1, -0.05) is 20.8 Å². The lowest BCUT2D eigenvalue weighted by Crippen LogP contribution is -2.02. The Bertz CT molecular complexity index is 66.7. The maximum absolute atomic E-state index is 9.71. The average Bonchev–Trinajstić information content (AvgIpc) is 1.30. The largest absolute Gasteiger partial charge is 0.904 e. The second-order valence-corrected chi connectivity index (χ2v) is 2.51. The van der Waals surface area contributed by atoms with Crippen LogP contribution in [0.2, 0.25) is 0 Å². The fraction of sp³-hybridized carbons (Fsp3) is 0.667. The summed E-state index contributed by atoms with van der Waals surface area (Å²) < 4.78 is 0. The molecule has 0 saturated heterocycles. The second-order valence-electron chi connectivity index (χ2n) is 2.51. The normalized spacial score (nSPS) is 13.0. The minimum absolute atomic E-state index is 0.0677. The summed E-state index contributed by atoms with van der Waals surface area (Å²) in [5.74, 6) is 0. The number of rotatable bonds is 0. The first kappa shape index (κ1) is 6.54. The molecule has 0 bridgehead atoms. The maximum Gasteiger partial charge on any atom is -0.0870 e. The van der Waals surface area contributed by atoms with Crippen molar-refractivity contribution in [1.82, 2.24) is 0 Å². The lowest BCUT2D eigenvalue weighted by Gasteiger charge is -2.28. The minimum Gasteiger partial charge on any atom is -0.904 e. The first-order chi connectivity index (χ1) is 3.06. The summed E-state index contributed by atoms with van der Waals surface area (Å²) in [6, 6.07) is 0. The molecule has 0 aromatic heterocycles. The summed E-state index contributed by atoms with van der Waals surface area (Å²) in [7, 11) is 0. The van der Waals surface area contributed by atoms with Crippen LogP contribution in [0.5, 0.6) is 0 Å². The van der Waals surface area contributed by atoms with E-state index in [0.29, 0.717) is 6.26 Å². The molecule has 0 rings (SSSR count). The van der Waals surface area contributed by atoms with Crippen molar-refractivity contribution < 1.29 is 5.11 Å². The van der Waals surface area contributed by atoms with Gasteiger partial charge in [0.05, 0.1) is 0 Å². The van der Waals surface area contributed by atoms with E-state index >= 15 is 0 Å². The summed E-state index contributed by atoms with van der Waals surface area (Å²) in [4.78, 5) is 0. The van der Waals surface area contributed by atoms with Crippen molar-refractivity contribution in [3.05, 3.63) is 12.3 Å². The van der Waals surface area contributed by atoms with Crippen molar-refractivity contribution in [1.29, 1.82) is 0 Å². The molecule has 1 heteroatoms. The zero-order chi connectivity index (χ0) is 5.91. The predicted octanol–water partition coefficient (Wildman–Crippen LogP) is 0.710. The molecule has 0 heterocycles. The van der Waals surface area contributed by atoms with Crippen molar-refractivity contribution in [2.75, 3.05) is 0 Å². The van der Waals surface area contributed by atoms with Gasteiger partial charge in [-0.3, -0.25) is 0 Å². The van der Waals surface area contributed by atoms with E-state index in [-0.39, 0.29) is 5.41 Å². The van der Waals surface area contributed by atoms with Crippen LogP contribution < -0.4 is 5.11 Å². The van der Waals surface area contributed by atoms with E-state index in [1.807, 2.05) is 20.8 Å². The Hall–Kier alpha value is -0.460. The molecule has 1 nitrogen and oxygen atoms in total. The molecule has 0 N–H and O–H groups in total. The molecular formula is C6H10O-2. The highest BCUT2D eigenvalue weighted by Crippen LogP contribution is 2.11. The highest BCUT2D eigenvalue weighted by atomic mass is 16.2. The first-order valence-electron chi connectivity index (χ1n) is 2.27. The minimum atomic E-state index is -0.0677. The van der Waals surface area contributed by atoms with Gasteiger partial charge in [0.2, 0.25) is 0 Å². The second kappa shape index (κ2) is 2.01. The number of allylic oxidation sites excluding steroid dienone is 1. The molecular weight excluding hydrogens is 88.1 g/mol. The van der Waals surface area contributed by atoms with Crippen LogP contribution in [-0.2, 0) is 0 Å². The molecule has 0 saturated carbocycles. The smallest absolute Gasteiger partial charge is 0.0870 e. The van der Waals surface area contributed by atoms with Crippen LogP contribution in [0, 0.1) is 11.5 Å². The summed E-state index contributed by atoms with van der Waals surface area (Å²) >= 11 is 0. The Kier molecular flexibility index (Phi) is 1.88. The summed E-state index contributed by atoms with van der Waals surface area (Å²) in [6.45, 7) is 5.80. The third-order valence-corrected chi connectivity index (χ3v) is 0.492. The van der Waals surface area contributed by atoms with Crippen LogP contribution in [0.4, 0.5) is 0 Å². The van der Waals surface area contributed by atoms with E-state index in [1.165, 1.54) is 0 Å². The van der Waals surface area contributed by atoms with Crippen LogP contribution >= 0.6 is 0 Å². The Morgan fingerprint density at radius 1 is 1.43 bits per heavy atom.